The van der Waals surface area contributed by atoms with Crippen LogP contribution in [0.25, 0.3) is 0 Å². The summed E-state index contributed by atoms with van der Waals surface area (Å²) in [6.07, 6.45) is 2.14. The van der Waals surface area contributed by atoms with Crippen molar-refractivity contribution < 1.29 is 9.90 Å². The predicted octanol–water partition coefficient (Wildman–Crippen LogP) is -0.00170. The Morgan fingerprint density at radius 3 is 2.88 bits per heavy atom. The molecule has 1 heterocycles. The number of carbonyl (C=O) groups is 1. The molecular formula is C4H6N2O2. The van der Waals surface area contributed by atoms with Crippen LogP contribution in [-0.2, 0) is 0 Å². The molecule has 4 heteroatoms. The first kappa shape index (κ1) is 4.96. The van der Waals surface area contributed by atoms with E-state index in [9.17, 15) is 4.79 Å². The minimum absolute atomic E-state index is 0.370. The van der Waals surface area contributed by atoms with Gasteiger partial charge in [-0.1, -0.05) is 0 Å². The summed E-state index contributed by atoms with van der Waals surface area (Å²) in [5.74, 6) is 0. The van der Waals surface area contributed by atoms with Crippen LogP contribution >= 0.6 is 0 Å². The molecule has 0 atom stereocenters. The van der Waals surface area contributed by atoms with E-state index in [-0.39, 0.29) is 0 Å². The molecule has 4 nitrogen and oxygen atoms in total. The van der Waals surface area contributed by atoms with Crippen molar-refractivity contribution in [1.82, 2.24) is 10.2 Å². The Morgan fingerprint density at radius 2 is 2.62 bits per heavy atom. The molecule has 0 spiro atoms. The minimum Gasteiger partial charge on any atom is -0.465 e. The number of nitrogens with one attached hydrogen (secondary N) is 1. The third-order valence-electron chi connectivity index (χ3n) is 0.880. The van der Waals surface area contributed by atoms with Crippen molar-refractivity contribution in [1.29, 1.82) is 0 Å². The molecule has 1 aliphatic rings. The van der Waals surface area contributed by atoms with Gasteiger partial charge in [-0.3, -0.25) is 4.90 Å². The molecule has 8 heavy (non-hydrogen) atoms. The fourth-order valence-corrected chi connectivity index (χ4v) is 0.478. The van der Waals surface area contributed by atoms with Gasteiger partial charge in [-0.25, -0.2) is 4.79 Å². The average Bonchev–Trinajstić information content (AvgIpc) is 2.12. The van der Waals surface area contributed by atoms with Gasteiger partial charge in [-0.15, -0.1) is 0 Å². The monoisotopic (exact) mass is 114 g/mol. The average molecular weight is 114 g/mol. The van der Waals surface area contributed by atoms with Gasteiger partial charge in [0.1, 0.15) is 0 Å². The Bertz CT molecular complexity index is 132. The molecule has 0 fully saturated rings. The van der Waals surface area contributed by atoms with E-state index < -0.39 is 6.09 Å². The summed E-state index contributed by atoms with van der Waals surface area (Å²) >= 11 is 0. The summed E-state index contributed by atoms with van der Waals surface area (Å²) in [7, 11) is 0. The summed E-state index contributed by atoms with van der Waals surface area (Å²) in [5, 5.41) is 11.0. The molecule has 0 aromatic rings. The van der Waals surface area contributed by atoms with E-state index in [0.29, 0.717) is 6.67 Å². The van der Waals surface area contributed by atoms with Crippen LogP contribution in [0.3, 0.4) is 0 Å². The molecule has 44 valence electrons. The molecule has 0 radical (unpaired) electrons. The molecule has 0 bridgehead atoms. The molecule has 1 amide bonds. The summed E-state index contributed by atoms with van der Waals surface area (Å²) in [6.45, 7) is 0.370. The van der Waals surface area contributed by atoms with Crippen molar-refractivity contribution in [3.63, 3.8) is 0 Å². The van der Waals surface area contributed by atoms with E-state index in [0.717, 1.165) is 4.90 Å². The predicted molar refractivity (Wildman–Crippen MR) is 27.0 cm³/mol. The first-order valence-corrected chi connectivity index (χ1v) is 2.20. The standard InChI is InChI=1S/C4H6N2O2/c7-4(8)6-2-1-5-3-6/h1-2,5H,3H2,(H,7,8). The first-order valence-electron chi connectivity index (χ1n) is 2.20. The lowest BCUT2D eigenvalue weighted by Gasteiger charge is -2.04. The van der Waals surface area contributed by atoms with Crippen LogP contribution in [0, 0.1) is 0 Å². The van der Waals surface area contributed by atoms with E-state index in [1.54, 1.807) is 6.20 Å². The van der Waals surface area contributed by atoms with Crippen molar-refractivity contribution in [3.05, 3.63) is 12.4 Å². The normalized spacial score (nSPS) is 16.2. The molecule has 0 saturated heterocycles. The SMILES string of the molecule is O=C(O)N1C=CNC1. The van der Waals surface area contributed by atoms with Crippen LogP contribution in [-0.4, -0.2) is 22.8 Å². The van der Waals surface area contributed by atoms with Crippen LogP contribution in [0.15, 0.2) is 12.4 Å². The quantitative estimate of drug-likeness (QED) is 0.466. The summed E-state index contributed by atoms with van der Waals surface area (Å²) < 4.78 is 0. The molecule has 0 unspecified atom stereocenters. The van der Waals surface area contributed by atoms with E-state index in [1.165, 1.54) is 6.20 Å². The van der Waals surface area contributed by atoms with Gasteiger partial charge in [0.05, 0.1) is 6.67 Å². The van der Waals surface area contributed by atoms with Crippen LogP contribution in [0.5, 0.6) is 0 Å². The van der Waals surface area contributed by atoms with Crippen LogP contribution in [0.1, 0.15) is 0 Å². The maximum atomic E-state index is 10.0. The number of nitrogens with zero attached hydrogens (tertiary/aromatic N) is 1. The first-order chi connectivity index (χ1) is 3.80. The van der Waals surface area contributed by atoms with Crippen molar-refractivity contribution >= 4 is 6.09 Å². The van der Waals surface area contributed by atoms with Gasteiger partial charge in [0.25, 0.3) is 0 Å². The van der Waals surface area contributed by atoms with Crippen molar-refractivity contribution in [2.75, 3.05) is 6.67 Å². The minimum atomic E-state index is -0.925. The molecule has 1 aliphatic heterocycles. The Morgan fingerprint density at radius 1 is 1.88 bits per heavy atom. The lowest BCUT2D eigenvalue weighted by Crippen LogP contribution is -2.25. The van der Waals surface area contributed by atoms with Crippen molar-refractivity contribution in [2.24, 2.45) is 0 Å². The van der Waals surface area contributed by atoms with E-state index in [4.69, 9.17) is 5.11 Å². The van der Waals surface area contributed by atoms with Crippen LogP contribution < -0.4 is 5.32 Å². The highest BCUT2D eigenvalue weighted by atomic mass is 16.4. The lowest BCUT2D eigenvalue weighted by atomic mass is 10.8. The summed E-state index contributed by atoms with van der Waals surface area (Å²) in [4.78, 5) is 11.2. The number of carboxylic acid groups (broad SMARTS) is 1. The Balaban J connectivity index is 2.48. The van der Waals surface area contributed by atoms with E-state index in [1.807, 2.05) is 0 Å². The highest BCUT2D eigenvalue weighted by Crippen LogP contribution is 1.92. The summed E-state index contributed by atoms with van der Waals surface area (Å²) in [6, 6.07) is 0. The second-order valence-corrected chi connectivity index (χ2v) is 1.43. The number of hydrogen-bond donors (Lipinski definition) is 2. The van der Waals surface area contributed by atoms with Crippen LogP contribution in [0.4, 0.5) is 4.79 Å². The van der Waals surface area contributed by atoms with Gasteiger partial charge in [-0.2, -0.15) is 0 Å². The van der Waals surface area contributed by atoms with Gasteiger partial charge >= 0.3 is 6.09 Å². The Kier molecular flexibility index (Phi) is 1.07. The number of amides is 1. The highest BCUT2D eigenvalue weighted by molar-refractivity contribution is 5.66. The van der Waals surface area contributed by atoms with Crippen molar-refractivity contribution in [3.8, 4) is 0 Å². The maximum Gasteiger partial charge on any atom is 0.412 e. The smallest absolute Gasteiger partial charge is 0.412 e. The van der Waals surface area contributed by atoms with Gasteiger partial charge in [0, 0.05) is 12.4 Å². The van der Waals surface area contributed by atoms with Crippen LogP contribution in [0.2, 0.25) is 0 Å². The lowest BCUT2D eigenvalue weighted by molar-refractivity contribution is 0.165. The van der Waals surface area contributed by atoms with E-state index in [2.05, 4.69) is 5.32 Å². The van der Waals surface area contributed by atoms with Gasteiger partial charge < -0.3 is 10.4 Å². The second kappa shape index (κ2) is 1.73. The zero-order chi connectivity index (χ0) is 5.98. The molecular weight excluding hydrogens is 108 g/mol. The Labute approximate surface area is 46.4 Å². The molecule has 1 rings (SSSR count). The van der Waals surface area contributed by atoms with Crippen molar-refractivity contribution in [2.45, 2.75) is 0 Å². The molecule has 0 aliphatic carbocycles. The molecule has 0 aromatic heterocycles. The maximum absolute atomic E-state index is 10.0. The topological polar surface area (TPSA) is 52.6 Å². The second-order valence-electron chi connectivity index (χ2n) is 1.43. The number of rotatable bonds is 0. The highest BCUT2D eigenvalue weighted by Gasteiger charge is 2.08. The van der Waals surface area contributed by atoms with E-state index >= 15 is 0 Å². The zero-order valence-electron chi connectivity index (χ0n) is 4.16. The largest absolute Gasteiger partial charge is 0.465 e. The number of hydrogen-bond acceptors (Lipinski definition) is 2. The summed E-state index contributed by atoms with van der Waals surface area (Å²) in [5.41, 5.74) is 0. The molecule has 0 saturated carbocycles. The fraction of sp³-hybridized carbons (Fsp3) is 0.250. The third-order valence-corrected chi connectivity index (χ3v) is 0.880. The van der Waals surface area contributed by atoms with Gasteiger partial charge in [0.15, 0.2) is 0 Å². The molecule has 0 aromatic carbocycles. The third kappa shape index (κ3) is 0.726. The van der Waals surface area contributed by atoms with Gasteiger partial charge in [0.2, 0.25) is 0 Å². The zero-order valence-corrected chi connectivity index (χ0v) is 4.16. The molecule has 2 N–H and O–H groups in total. The van der Waals surface area contributed by atoms with Gasteiger partial charge in [-0.05, 0) is 0 Å². The Hall–Kier alpha value is -1.19. The fourth-order valence-electron chi connectivity index (χ4n) is 0.478.